The number of nitrogens with zero attached hydrogens (tertiary/aromatic N) is 2. The zero-order valence-electron chi connectivity index (χ0n) is 17.0. The standard InChI is InChI=1S/C19H29N5O3S/c1-5-7-9-24-17(20)16(18(26)21-19(24)27)23(6-2)15(25)12-22(4)11-14-13(3)8-10-28-14/h8,10H,5-7,9,11-12,20H2,1-4H3,(H,21,26,27)/p+1. The Morgan fingerprint density at radius 1 is 1.36 bits per heavy atom. The van der Waals surface area contributed by atoms with E-state index in [-0.39, 0.29) is 24.0 Å². The number of aromatic nitrogens is 2. The van der Waals surface area contributed by atoms with Crippen LogP contribution in [0.15, 0.2) is 21.0 Å². The first-order valence-corrected chi connectivity index (χ1v) is 10.4. The van der Waals surface area contributed by atoms with Gasteiger partial charge in [-0.1, -0.05) is 13.3 Å². The van der Waals surface area contributed by atoms with Crippen LogP contribution in [0.1, 0.15) is 37.1 Å². The highest BCUT2D eigenvalue weighted by Gasteiger charge is 2.25. The van der Waals surface area contributed by atoms with Crippen molar-refractivity contribution in [2.24, 2.45) is 0 Å². The average molecular weight is 409 g/mol. The molecule has 0 aliphatic rings. The number of likely N-dealkylation sites (N-methyl/N-ethyl adjacent to an activating group) is 2. The van der Waals surface area contributed by atoms with Gasteiger partial charge in [-0.2, -0.15) is 0 Å². The number of aryl methyl sites for hydroxylation is 1. The molecule has 9 heteroatoms. The number of hydrogen-bond acceptors (Lipinski definition) is 5. The van der Waals surface area contributed by atoms with E-state index in [0.29, 0.717) is 13.1 Å². The van der Waals surface area contributed by atoms with E-state index in [0.717, 1.165) is 24.3 Å². The Morgan fingerprint density at radius 3 is 2.64 bits per heavy atom. The van der Waals surface area contributed by atoms with Gasteiger partial charge in [0, 0.05) is 13.1 Å². The summed E-state index contributed by atoms with van der Waals surface area (Å²) >= 11 is 1.67. The van der Waals surface area contributed by atoms with Crippen LogP contribution in [0.2, 0.25) is 0 Å². The monoisotopic (exact) mass is 408 g/mol. The second-order valence-corrected chi connectivity index (χ2v) is 7.97. The number of unbranched alkanes of at least 4 members (excludes halogenated alkanes) is 1. The summed E-state index contributed by atoms with van der Waals surface area (Å²) in [6.07, 6.45) is 1.63. The first-order valence-electron chi connectivity index (χ1n) is 9.57. The number of quaternary nitrogens is 1. The van der Waals surface area contributed by atoms with Crippen molar-refractivity contribution in [3.05, 3.63) is 42.7 Å². The van der Waals surface area contributed by atoms with Crippen molar-refractivity contribution in [3.8, 4) is 0 Å². The van der Waals surface area contributed by atoms with Crippen molar-refractivity contribution in [1.29, 1.82) is 0 Å². The molecule has 1 atom stereocenters. The van der Waals surface area contributed by atoms with Gasteiger partial charge in [0.15, 0.2) is 12.2 Å². The molecule has 0 bridgehead atoms. The average Bonchev–Trinajstić information content (AvgIpc) is 3.02. The van der Waals surface area contributed by atoms with Crippen LogP contribution in [0.25, 0.3) is 0 Å². The van der Waals surface area contributed by atoms with E-state index in [4.69, 9.17) is 5.73 Å². The van der Waals surface area contributed by atoms with E-state index in [2.05, 4.69) is 18.0 Å². The van der Waals surface area contributed by atoms with Gasteiger partial charge in [-0.15, -0.1) is 11.3 Å². The number of aromatic amines is 1. The van der Waals surface area contributed by atoms with Crippen LogP contribution in [-0.4, -0.2) is 35.6 Å². The number of nitrogen functional groups attached to an aromatic ring is 1. The molecule has 0 aliphatic heterocycles. The Labute approximate surface area is 168 Å². The number of anilines is 2. The lowest BCUT2D eigenvalue weighted by molar-refractivity contribution is -0.885. The first kappa shape index (κ1) is 21.9. The summed E-state index contributed by atoms with van der Waals surface area (Å²) in [5.74, 6) is -0.156. The van der Waals surface area contributed by atoms with Gasteiger partial charge >= 0.3 is 5.69 Å². The molecular weight excluding hydrogens is 378 g/mol. The van der Waals surface area contributed by atoms with Crippen LogP contribution in [0.3, 0.4) is 0 Å². The number of H-pyrrole nitrogens is 1. The molecule has 0 saturated heterocycles. The Bertz CT molecular complexity index is 930. The third-order valence-corrected chi connectivity index (χ3v) is 5.74. The highest BCUT2D eigenvalue weighted by Crippen LogP contribution is 2.17. The van der Waals surface area contributed by atoms with Gasteiger partial charge in [-0.3, -0.25) is 24.0 Å². The minimum absolute atomic E-state index is 0.0455. The van der Waals surface area contributed by atoms with Gasteiger partial charge in [-0.25, -0.2) is 4.79 Å². The third kappa shape index (κ3) is 4.90. The molecule has 2 aromatic rings. The minimum Gasteiger partial charge on any atom is -0.383 e. The number of nitrogens with one attached hydrogen (secondary N) is 2. The molecule has 4 N–H and O–H groups in total. The van der Waals surface area contributed by atoms with E-state index in [1.165, 1.54) is 19.9 Å². The van der Waals surface area contributed by atoms with Crippen LogP contribution < -0.4 is 26.8 Å². The van der Waals surface area contributed by atoms with Gasteiger partial charge in [0.1, 0.15) is 12.4 Å². The van der Waals surface area contributed by atoms with Crippen LogP contribution in [0, 0.1) is 6.92 Å². The zero-order chi connectivity index (χ0) is 20.8. The zero-order valence-corrected chi connectivity index (χ0v) is 17.8. The normalized spacial score (nSPS) is 12.1. The number of hydrogen-bond donors (Lipinski definition) is 3. The van der Waals surface area contributed by atoms with Crippen molar-refractivity contribution in [2.45, 2.75) is 46.7 Å². The second-order valence-electron chi connectivity index (χ2n) is 6.97. The molecule has 0 spiro atoms. The molecular formula is C19H30N5O3S+. The fourth-order valence-electron chi connectivity index (χ4n) is 3.11. The van der Waals surface area contributed by atoms with Gasteiger partial charge < -0.3 is 10.6 Å². The van der Waals surface area contributed by atoms with Crippen molar-refractivity contribution in [2.75, 3.05) is 30.8 Å². The topological polar surface area (TPSA) is 106 Å². The number of rotatable bonds is 9. The summed E-state index contributed by atoms with van der Waals surface area (Å²) in [7, 11) is 1.95. The Balaban J connectivity index is 2.26. The third-order valence-electron chi connectivity index (χ3n) is 4.72. The summed E-state index contributed by atoms with van der Waals surface area (Å²) in [4.78, 5) is 43.4. The molecule has 0 saturated carbocycles. The molecule has 2 aromatic heterocycles. The van der Waals surface area contributed by atoms with Crippen LogP contribution >= 0.6 is 11.3 Å². The molecule has 0 aromatic carbocycles. The summed E-state index contributed by atoms with van der Waals surface area (Å²) in [5, 5.41) is 2.04. The summed E-state index contributed by atoms with van der Waals surface area (Å²) in [5.41, 5.74) is 6.25. The van der Waals surface area contributed by atoms with E-state index < -0.39 is 11.2 Å². The number of carbonyl (C=O) groups excluding carboxylic acids is 1. The summed E-state index contributed by atoms with van der Waals surface area (Å²) < 4.78 is 1.34. The quantitative estimate of drug-likeness (QED) is 0.557. The second kappa shape index (κ2) is 9.70. The molecule has 1 amide bonds. The van der Waals surface area contributed by atoms with E-state index in [9.17, 15) is 14.4 Å². The molecule has 154 valence electrons. The predicted molar refractivity (Wildman–Crippen MR) is 113 cm³/mol. The summed E-state index contributed by atoms with van der Waals surface area (Å²) in [6, 6.07) is 2.06. The van der Waals surface area contributed by atoms with Crippen molar-refractivity contribution in [1.82, 2.24) is 9.55 Å². The Morgan fingerprint density at radius 2 is 2.07 bits per heavy atom. The number of nitrogens with two attached hydrogens (primary N) is 1. The molecule has 1 unspecified atom stereocenters. The number of amides is 1. The van der Waals surface area contributed by atoms with Crippen molar-refractivity contribution < 1.29 is 9.69 Å². The Hall–Kier alpha value is -2.39. The van der Waals surface area contributed by atoms with E-state index >= 15 is 0 Å². The maximum atomic E-state index is 12.9. The summed E-state index contributed by atoms with van der Waals surface area (Å²) in [6.45, 7) is 7.50. The SMILES string of the molecule is CCCCn1c(N)c(N(CC)C(=O)C[NH+](C)Cc2sccc2C)c(=O)[nH]c1=O. The lowest BCUT2D eigenvalue weighted by Gasteiger charge is -2.24. The fraction of sp³-hybridized carbons (Fsp3) is 0.526. The van der Waals surface area contributed by atoms with Crippen LogP contribution in [0.4, 0.5) is 11.5 Å². The van der Waals surface area contributed by atoms with Gasteiger partial charge in [0.25, 0.3) is 11.5 Å². The minimum atomic E-state index is -0.628. The van der Waals surface area contributed by atoms with Gasteiger partial charge in [-0.05, 0) is 37.3 Å². The molecule has 0 fully saturated rings. The maximum absolute atomic E-state index is 12.9. The van der Waals surface area contributed by atoms with Gasteiger partial charge in [0.2, 0.25) is 0 Å². The lowest BCUT2D eigenvalue weighted by Crippen LogP contribution is -3.09. The molecule has 8 nitrogen and oxygen atoms in total. The molecule has 2 heterocycles. The van der Waals surface area contributed by atoms with E-state index in [1.807, 2.05) is 19.4 Å². The molecule has 0 aliphatic carbocycles. The first-order chi connectivity index (χ1) is 13.3. The van der Waals surface area contributed by atoms with E-state index in [1.54, 1.807) is 18.3 Å². The van der Waals surface area contributed by atoms with Crippen LogP contribution in [0.5, 0.6) is 0 Å². The highest BCUT2D eigenvalue weighted by molar-refractivity contribution is 7.10. The van der Waals surface area contributed by atoms with Gasteiger partial charge in [0.05, 0.1) is 11.9 Å². The van der Waals surface area contributed by atoms with Crippen molar-refractivity contribution >= 4 is 28.7 Å². The number of thiophene rings is 1. The largest absolute Gasteiger partial charge is 0.383 e. The predicted octanol–water partition coefficient (Wildman–Crippen LogP) is 0.357. The lowest BCUT2D eigenvalue weighted by atomic mass is 10.2. The smallest absolute Gasteiger partial charge is 0.330 e. The van der Waals surface area contributed by atoms with Crippen molar-refractivity contribution in [3.63, 3.8) is 0 Å². The molecule has 28 heavy (non-hydrogen) atoms. The number of carbonyl (C=O) groups is 1. The fourth-order valence-corrected chi connectivity index (χ4v) is 4.13. The Kier molecular flexibility index (Phi) is 7.59. The van der Waals surface area contributed by atoms with Crippen LogP contribution in [-0.2, 0) is 17.9 Å². The highest BCUT2D eigenvalue weighted by atomic mass is 32.1. The maximum Gasteiger partial charge on any atom is 0.330 e. The molecule has 2 rings (SSSR count). The molecule has 0 radical (unpaired) electrons.